The molecule has 0 radical (unpaired) electrons. The van der Waals surface area contributed by atoms with Gasteiger partial charge in [-0.15, -0.1) is 0 Å². The Labute approximate surface area is 202 Å². The highest BCUT2D eigenvalue weighted by atomic mass is 32.2. The van der Waals surface area contributed by atoms with E-state index in [0.29, 0.717) is 24.7 Å². The number of aromatic nitrogens is 2. The van der Waals surface area contributed by atoms with E-state index >= 15 is 0 Å². The lowest BCUT2D eigenvalue weighted by Crippen LogP contribution is -2.44. The number of rotatable bonds is 8. The number of sulfone groups is 1. The summed E-state index contributed by atoms with van der Waals surface area (Å²) in [5.41, 5.74) is -0.574. The van der Waals surface area contributed by atoms with Crippen LogP contribution in [0.25, 0.3) is 0 Å². The van der Waals surface area contributed by atoms with Gasteiger partial charge >= 0.3 is 6.18 Å². The Kier molecular flexibility index (Phi) is 7.93. The number of nitrogens with one attached hydrogen (secondary N) is 2. The first-order chi connectivity index (χ1) is 16.2. The zero-order chi connectivity index (χ0) is 26.0. The van der Waals surface area contributed by atoms with E-state index < -0.39 is 31.6 Å². The van der Waals surface area contributed by atoms with Gasteiger partial charge in [-0.2, -0.15) is 18.2 Å². The first kappa shape index (κ1) is 27.1. The van der Waals surface area contributed by atoms with Crippen molar-refractivity contribution in [3.05, 3.63) is 36.0 Å². The van der Waals surface area contributed by atoms with Crippen molar-refractivity contribution in [2.24, 2.45) is 0 Å². The molecule has 2 aromatic rings. The lowest BCUT2D eigenvalue weighted by molar-refractivity contribution is -0.137. The van der Waals surface area contributed by atoms with Gasteiger partial charge in [0.1, 0.15) is 11.4 Å². The molecule has 0 unspecified atom stereocenters. The predicted octanol–water partition coefficient (Wildman–Crippen LogP) is 2.05. The first-order valence-electron chi connectivity index (χ1n) is 10.6. The van der Waals surface area contributed by atoms with Crippen LogP contribution in [0.4, 0.5) is 30.6 Å². The minimum atomic E-state index is -4.67. The van der Waals surface area contributed by atoms with Crippen LogP contribution < -0.4 is 15.5 Å². The third-order valence-corrected chi connectivity index (χ3v) is 7.91. The molecule has 0 aliphatic carbocycles. The van der Waals surface area contributed by atoms with Gasteiger partial charge in [-0.25, -0.2) is 26.1 Å². The number of piperidine rings is 1. The van der Waals surface area contributed by atoms with Crippen molar-refractivity contribution in [2.75, 3.05) is 49.5 Å². The molecule has 2 N–H and O–H groups in total. The zero-order valence-corrected chi connectivity index (χ0v) is 21.0. The number of sulfonamides is 1. The summed E-state index contributed by atoms with van der Waals surface area (Å²) in [6.07, 6.45) is -1.96. The second-order valence-corrected chi connectivity index (χ2v) is 12.7. The second-order valence-electron chi connectivity index (χ2n) is 8.40. The Morgan fingerprint density at radius 3 is 2.20 bits per heavy atom. The van der Waals surface area contributed by atoms with Gasteiger partial charge in [-0.3, -0.25) is 0 Å². The summed E-state index contributed by atoms with van der Waals surface area (Å²) in [6.45, 7) is 0.496. The van der Waals surface area contributed by atoms with Crippen molar-refractivity contribution in [1.82, 2.24) is 19.6 Å². The number of halogens is 3. The van der Waals surface area contributed by atoms with Crippen LogP contribution in [0.3, 0.4) is 0 Å². The van der Waals surface area contributed by atoms with E-state index in [-0.39, 0.29) is 41.7 Å². The molecule has 15 heteroatoms. The highest BCUT2D eigenvalue weighted by Gasteiger charge is 2.37. The maximum absolute atomic E-state index is 13.6. The standard InChI is InChI=1S/C20H27F3N6O4S2/c1-28(2)35(32,33)16-6-4-15(5-7-16)26-19-24-12-17(20(21,22)23)18(27-19)29-10-8-14(9-11-29)25-13-34(3,30)31/h4-7,12,14,25H,8-11,13H2,1-3H3,(H,24,26,27). The number of anilines is 3. The Balaban J connectivity index is 1.79. The summed E-state index contributed by atoms with van der Waals surface area (Å²) in [5.74, 6) is -0.543. The molecular weight excluding hydrogens is 509 g/mol. The van der Waals surface area contributed by atoms with E-state index in [2.05, 4.69) is 20.6 Å². The van der Waals surface area contributed by atoms with Gasteiger partial charge in [0.2, 0.25) is 16.0 Å². The molecule has 2 heterocycles. The van der Waals surface area contributed by atoms with E-state index in [9.17, 15) is 30.0 Å². The van der Waals surface area contributed by atoms with Gasteiger partial charge in [-0.05, 0) is 37.1 Å². The van der Waals surface area contributed by atoms with Crippen molar-refractivity contribution in [2.45, 2.75) is 30.0 Å². The minimum Gasteiger partial charge on any atom is -0.356 e. The summed E-state index contributed by atoms with van der Waals surface area (Å²) in [4.78, 5) is 9.47. The molecule has 1 aliphatic rings. The zero-order valence-electron chi connectivity index (χ0n) is 19.4. The average Bonchev–Trinajstić information content (AvgIpc) is 2.77. The lowest BCUT2D eigenvalue weighted by atomic mass is 10.0. The highest BCUT2D eigenvalue weighted by molar-refractivity contribution is 7.90. The summed E-state index contributed by atoms with van der Waals surface area (Å²) in [7, 11) is -4.01. The predicted molar refractivity (Wildman–Crippen MR) is 126 cm³/mol. The normalized spacial score (nSPS) is 16.0. The fourth-order valence-electron chi connectivity index (χ4n) is 3.49. The average molecular weight is 537 g/mol. The summed E-state index contributed by atoms with van der Waals surface area (Å²) in [5, 5.41) is 5.73. The number of hydrogen-bond acceptors (Lipinski definition) is 9. The van der Waals surface area contributed by atoms with Crippen molar-refractivity contribution in [3.8, 4) is 0 Å². The SMILES string of the molecule is CN(C)S(=O)(=O)c1ccc(Nc2ncc(C(F)(F)F)c(N3CCC(NCS(C)(=O)=O)CC3)n2)cc1. The first-order valence-corrected chi connectivity index (χ1v) is 14.1. The fraction of sp³-hybridized carbons (Fsp3) is 0.500. The molecule has 0 atom stereocenters. The number of alkyl halides is 3. The maximum atomic E-state index is 13.6. The number of benzene rings is 1. The summed E-state index contributed by atoms with van der Waals surface area (Å²) < 4.78 is 89.1. The smallest absolute Gasteiger partial charge is 0.356 e. The molecule has 1 saturated heterocycles. The van der Waals surface area contributed by atoms with E-state index in [1.165, 1.54) is 43.3 Å². The van der Waals surface area contributed by atoms with Gasteiger partial charge in [0.25, 0.3) is 0 Å². The van der Waals surface area contributed by atoms with Crippen LogP contribution in [0.5, 0.6) is 0 Å². The molecule has 1 aliphatic heterocycles. The molecule has 0 amide bonds. The Hall–Kier alpha value is -2.49. The fourth-order valence-corrected chi connectivity index (χ4v) is 4.93. The molecule has 0 bridgehead atoms. The van der Waals surface area contributed by atoms with Gasteiger partial charge in [-0.1, -0.05) is 0 Å². The Bertz CT molecular complexity index is 1240. The van der Waals surface area contributed by atoms with Crippen molar-refractivity contribution in [1.29, 1.82) is 0 Å². The van der Waals surface area contributed by atoms with Crippen molar-refractivity contribution in [3.63, 3.8) is 0 Å². The number of nitrogens with zero attached hydrogens (tertiary/aromatic N) is 4. The monoisotopic (exact) mass is 536 g/mol. The van der Waals surface area contributed by atoms with Crippen LogP contribution in [0, 0.1) is 0 Å². The van der Waals surface area contributed by atoms with E-state index in [1.54, 1.807) is 0 Å². The van der Waals surface area contributed by atoms with Gasteiger partial charge in [0, 0.05) is 51.4 Å². The number of hydrogen-bond donors (Lipinski definition) is 2. The lowest BCUT2D eigenvalue weighted by Gasteiger charge is -2.34. The van der Waals surface area contributed by atoms with E-state index in [0.717, 1.165) is 10.6 Å². The van der Waals surface area contributed by atoms with Crippen molar-refractivity contribution < 1.29 is 30.0 Å². The molecule has 1 aromatic carbocycles. The van der Waals surface area contributed by atoms with Gasteiger partial charge in [0.15, 0.2) is 9.84 Å². The molecule has 1 fully saturated rings. The quantitative estimate of drug-likeness (QED) is 0.522. The Morgan fingerprint density at radius 2 is 1.69 bits per heavy atom. The van der Waals surface area contributed by atoms with E-state index in [4.69, 9.17) is 0 Å². The van der Waals surface area contributed by atoms with Crippen LogP contribution in [0.2, 0.25) is 0 Å². The third-order valence-electron chi connectivity index (χ3n) is 5.39. The third kappa shape index (κ3) is 7.02. The molecule has 10 nitrogen and oxygen atoms in total. The Morgan fingerprint density at radius 1 is 1.09 bits per heavy atom. The van der Waals surface area contributed by atoms with Crippen LogP contribution in [0.15, 0.2) is 35.4 Å². The second kappa shape index (κ2) is 10.2. The topological polar surface area (TPSA) is 125 Å². The van der Waals surface area contributed by atoms with Crippen LogP contribution in [-0.4, -0.2) is 76.5 Å². The van der Waals surface area contributed by atoms with Gasteiger partial charge < -0.3 is 15.5 Å². The molecule has 0 saturated carbocycles. The van der Waals surface area contributed by atoms with Crippen LogP contribution in [0.1, 0.15) is 18.4 Å². The molecule has 194 valence electrons. The molecule has 0 spiro atoms. The van der Waals surface area contributed by atoms with Crippen LogP contribution >= 0.6 is 0 Å². The minimum absolute atomic E-state index is 0.0643. The maximum Gasteiger partial charge on any atom is 0.421 e. The highest BCUT2D eigenvalue weighted by Crippen LogP contribution is 2.36. The molecular formula is C20H27F3N6O4S2. The van der Waals surface area contributed by atoms with E-state index in [1.807, 2.05) is 0 Å². The van der Waals surface area contributed by atoms with Crippen LogP contribution in [-0.2, 0) is 26.0 Å². The summed E-state index contributed by atoms with van der Waals surface area (Å²) >= 11 is 0. The van der Waals surface area contributed by atoms with Crippen molar-refractivity contribution >= 4 is 37.3 Å². The summed E-state index contributed by atoms with van der Waals surface area (Å²) in [6, 6.07) is 5.55. The van der Waals surface area contributed by atoms with Gasteiger partial charge in [0.05, 0.1) is 10.8 Å². The molecule has 1 aromatic heterocycles. The molecule has 3 rings (SSSR count). The largest absolute Gasteiger partial charge is 0.421 e. The molecule has 35 heavy (non-hydrogen) atoms.